The summed E-state index contributed by atoms with van der Waals surface area (Å²) in [6.45, 7) is 2.14. The summed E-state index contributed by atoms with van der Waals surface area (Å²) in [5.74, 6) is -0.400. The summed E-state index contributed by atoms with van der Waals surface area (Å²) >= 11 is 0. The van der Waals surface area contributed by atoms with Gasteiger partial charge < -0.3 is 5.73 Å². The number of rotatable bonds is 4. The van der Waals surface area contributed by atoms with Gasteiger partial charge in [0.25, 0.3) is 0 Å². The fraction of sp³-hybridized carbons (Fsp3) is 0.118. The Bertz CT molecular complexity index is 597. The molecule has 96 valence electrons. The number of aryl methyl sites for hydroxylation is 1. The normalized spacial score (nSPS) is 10.8. The van der Waals surface area contributed by atoms with Crippen LogP contribution < -0.4 is 5.73 Å². The molecule has 0 spiro atoms. The molecule has 0 fully saturated rings. The minimum absolute atomic E-state index is 0.400. The predicted molar refractivity (Wildman–Crippen MR) is 79.7 cm³/mol. The summed E-state index contributed by atoms with van der Waals surface area (Å²) in [7, 11) is 0. The second kappa shape index (κ2) is 6.01. The van der Waals surface area contributed by atoms with Gasteiger partial charge in [-0.1, -0.05) is 55.5 Å². The highest BCUT2D eigenvalue weighted by atomic mass is 16.1. The lowest BCUT2D eigenvalue weighted by Gasteiger charge is -1.99. The van der Waals surface area contributed by atoms with Crippen LogP contribution in [0.15, 0.2) is 48.5 Å². The first kappa shape index (κ1) is 13.1. The lowest BCUT2D eigenvalue weighted by molar-refractivity contribution is 0.100. The van der Waals surface area contributed by atoms with Crippen LogP contribution in [0.25, 0.3) is 12.2 Å². The second-order valence-electron chi connectivity index (χ2n) is 4.42. The van der Waals surface area contributed by atoms with Crippen molar-refractivity contribution in [3.63, 3.8) is 0 Å². The molecular weight excluding hydrogens is 234 g/mol. The summed E-state index contributed by atoms with van der Waals surface area (Å²) in [5.41, 5.74) is 9.23. The Morgan fingerprint density at radius 3 is 2.37 bits per heavy atom. The summed E-state index contributed by atoms with van der Waals surface area (Å²) in [5, 5.41) is 0. The van der Waals surface area contributed by atoms with E-state index < -0.39 is 5.91 Å². The van der Waals surface area contributed by atoms with E-state index in [9.17, 15) is 4.79 Å². The van der Waals surface area contributed by atoms with E-state index in [4.69, 9.17) is 5.73 Å². The molecule has 2 aromatic rings. The van der Waals surface area contributed by atoms with E-state index >= 15 is 0 Å². The lowest BCUT2D eigenvalue weighted by atomic mass is 10.1. The van der Waals surface area contributed by atoms with Gasteiger partial charge in [-0.25, -0.2) is 0 Å². The monoisotopic (exact) mass is 251 g/mol. The van der Waals surface area contributed by atoms with Crippen molar-refractivity contribution in [2.75, 3.05) is 0 Å². The molecule has 2 heteroatoms. The molecule has 0 aliphatic rings. The zero-order valence-electron chi connectivity index (χ0n) is 11.0. The molecule has 0 atom stereocenters. The molecule has 2 rings (SSSR count). The fourth-order valence-corrected chi connectivity index (χ4v) is 1.85. The van der Waals surface area contributed by atoms with Gasteiger partial charge in [-0.15, -0.1) is 0 Å². The van der Waals surface area contributed by atoms with Crippen molar-refractivity contribution in [1.29, 1.82) is 0 Å². The van der Waals surface area contributed by atoms with Crippen LogP contribution in [0.2, 0.25) is 0 Å². The summed E-state index contributed by atoms with van der Waals surface area (Å²) in [6, 6.07) is 15.7. The van der Waals surface area contributed by atoms with E-state index in [-0.39, 0.29) is 0 Å². The van der Waals surface area contributed by atoms with Gasteiger partial charge in [-0.3, -0.25) is 4.79 Å². The van der Waals surface area contributed by atoms with Gasteiger partial charge in [0.2, 0.25) is 5.91 Å². The summed E-state index contributed by atoms with van der Waals surface area (Å²) in [6.07, 6.45) is 5.05. The zero-order valence-corrected chi connectivity index (χ0v) is 11.0. The SMILES string of the molecule is CCc1ccc(/C=C/c2cccc(C(N)=O)c2)cc1. The molecule has 2 aromatic carbocycles. The molecule has 2 N–H and O–H groups in total. The molecular formula is C17H17NO. The third-order valence-electron chi connectivity index (χ3n) is 3.03. The quantitative estimate of drug-likeness (QED) is 0.830. The van der Waals surface area contributed by atoms with Crippen molar-refractivity contribution in [2.24, 2.45) is 5.73 Å². The van der Waals surface area contributed by atoms with Crippen molar-refractivity contribution < 1.29 is 4.79 Å². The Kier molecular flexibility index (Phi) is 4.14. The third-order valence-corrected chi connectivity index (χ3v) is 3.03. The minimum Gasteiger partial charge on any atom is -0.366 e. The molecule has 0 aliphatic carbocycles. The van der Waals surface area contributed by atoms with E-state index in [0.29, 0.717) is 5.56 Å². The second-order valence-corrected chi connectivity index (χ2v) is 4.42. The maximum Gasteiger partial charge on any atom is 0.248 e. The van der Waals surface area contributed by atoms with Crippen LogP contribution in [0.4, 0.5) is 0 Å². The van der Waals surface area contributed by atoms with Gasteiger partial charge in [0, 0.05) is 5.56 Å². The van der Waals surface area contributed by atoms with Gasteiger partial charge in [-0.05, 0) is 35.2 Å². The number of benzene rings is 2. The summed E-state index contributed by atoms with van der Waals surface area (Å²) in [4.78, 5) is 11.1. The molecule has 0 saturated heterocycles. The smallest absolute Gasteiger partial charge is 0.248 e. The van der Waals surface area contributed by atoms with Crippen molar-refractivity contribution in [1.82, 2.24) is 0 Å². The number of hydrogen-bond donors (Lipinski definition) is 1. The Balaban J connectivity index is 2.17. The van der Waals surface area contributed by atoms with Crippen LogP contribution in [-0.2, 0) is 6.42 Å². The highest BCUT2D eigenvalue weighted by Crippen LogP contribution is 2.11. The first-order chi connectivity index (χ1) is 9.19. The van der Waals surface area contributed by atoms with Gasteiger partial charge >= 0.3 is 0 Å². The maximum absolute atomic E-state index is 11.1. The van der Waals surface area contributed by atoms with E-state index in [0.717, 1.165) is 17.5 Å². The van der Waals surface area contributed by atoms with Crippen LogP contribution in [-0.4, -0.2) is 5.91 Å². The standard InChI is InChI=1S/C17H17NO/c1-2-13-6-8-14(9-7-13)10-11-15-4-3-5-16(12-15)17(18)19/h3-12H,2H2,1H3,(H2,18,19)/b11-10+. The first-order valence-electron chi connectivity index (χ1n) is 6.36. The fourth-order valence-electron chi connectivity index (χ4n) is 1.85. The number of carbonyl (C=O) groups is 1. The highest BCUT2D eigenvalue weighted by Gasteiger charge is 1.98. The van der Waals surface area contributed by atoms with Crippen LogP contribution >= 0.6 is 0 Å². The Morgan fingerprint density at radius 1 is 1.05 bits per heavy atom. The maximum atomic E-state index is 11.1. The van der Waals surface area contributed by atoms with Gasteiger partial charge in [-0.2, -0.15) is 0 Å². The molecule has 0 unspecified atom stereocenters. The van der Waals surface area contributed by atoms with Crippen LogP contribution in [0.1, 0.15) is 34.0 Å². The molecule has 0 saturated carbocycles. The van der Waals surface area contributed by atoms with E-state index in [1.54, 1.807) is 12.1 Å². The zero-order chi connectivity index (χ0) is 13.7. The van der Waals surface area contributed by atoms with Crippen molar-refractivity contribution in [3.8, 4) is 0 Å². The van der Waals surface area contributed by atoms with E-state index in [1.165, 1.54) is 5.56 Å². The largest absolute Gasteiger partial charge is 0.366 e. The predicted octanol–water partition coefficient (Wildman–Crippen LogP) is 3.52. The van der Waals surface area contributed by atoms with E-state index in [1.807, 2.05) is 24.3 Å². The molecule has 0 aliphatic heterocycles. The summed E-state index contributed by atoms with van der Waals surface area (Å²) < 4.78 is 0. The number of primary amides is 1. The van der Waals surface area contributed by atoms with Crippen LogP contribution in [0.3, 0.4) is 0 Å². The first-order valence-corrected chi connectivity index (χ1v) is 6.36. The molecule has 0 aromatic heterocycles. The average Bonchev–Trinajstić information content (AvgIpc) is 2.46. The highest BCUT2D eigenvalue weighted by molar-refractivity contribution is 5.93. The van der Waals surface area contributed by atoms with Crippen molar-refractivity contribution in [2.45, 2.75) is 13.3 Å². The lowest BCUT2D eigenvalue weighted by Crippen LogP contribution is -2.10. The Hall–Kier alpha value is -2.35. The minimum atomic E-state index is -0.400. The van der Waals surface area contributed by atoms with Crippen molar-refractivity contribution in [3.05, 3.63) is 70.8 Å². The molecule has 19 heavy (non-hydrogen) atoms. The number of carbonyl (C=O) groups excluding carboxylic acids is 1. The number of hydrogen-bond acceptors (Lipinski definition) is 1. The number of nitrogens with two attached hydrogens (primary N) is 1. The molecule has 0 heterocycles. The van der Waals surface area contributed by atoms with Gasteiger partial charge in [0.1, 0.15) is 0 Å². The average molecular weight is 251 g/mol. The van der Waals surface area contributed by atoms with Crippen molar-refractivity contribution >= 4 is 18.1 Å². The van der Waals surface area contributed by atoms with E-state index in [2.05, 4.69) is 31.2 Å². The Labute approximate surface area is 113 Å². The molecule has 2 nitrogen and oxygen atoms in total. The topological polar surface area (TPSA) is 43.1 Å². The molecule has 0 radical (unpaired) electrons. The third kappa shape index (κ3) is 3.55. The van der Waals surface area contributed by atoms with Crippen LogP contribution in [0.5, 0.6) is 0 Å². The molecule has 0 bridgehead atoms. The number of amides is 1. The molecule has 1 amide bonds. The van der Waals surface area contributed by atoms with Gasteiger partial charge in [0.05, 0.1) is 0 Å². The van der Waals surface area contributed by atoms with Gasteiger partial charge in [0.15, 0.2) is 0 Å². The van der Waals surface area contributed by atoms with Crippen LogP contribution in [0, 0.1) is 0 Å². The Morgan fingerprint density at radius 2 is 1.74 bits per heavy atom.